The predicted molar refractivity (Wildman–Crippen MR) is 49.6 cm³/mol. The molecule has 0 unspecified atom stereocenters. The zero-order chi connectivity index (χ0) is 8.81. The molecule has 0 aliphatic carbocycles. The van der Waals surface area contributed by atoms with Crippen molar-refractivity contribution in [3.05, 3.63) is 30.1 Å². The second kappa shape index (κ2) is 4.88. The Morgan fingerprint density at radius 1 is 1.50 bits per heavy atom. The number of pyridine rings is 1. The fraction of sp³-hybridized carbons (Fsp3) is 0.500. The number of nitrogens with two attached hydrogens (primary N) is 1. The van der Waals surface area contributed by atoms with E-state index in [1.807, 2.05) is 18.5 Å². The van der Waals surface area contributed by atoms with Gasteiger partial charge in [0, 0.05) is 23.9 Å². The standard InChI is InChI=1S/C10H16N2/c1-9(2)6-12-8-10-4-3-5-11-7-10/h3-5,7,9,12H,6,8H2,1-2H3/p+1. The van der Waals surface area contributed by atoms with Crippen LogP contribution in [0.2, 0.25) is 0 Å². The van der Waals surface area contributed by atoms with Crippen molar-refractivity contribution in [1.82, 2.24) is 4.98 Å². The molecular weight excluding hydrogens is 148 g/mol. The van der Waals surface area contributed by atoms with E-state index in [1.54, 1.807) is 0 Å². The van der Waals surface area contributed by atoms with E-state index in [9.17, 15) is 0 Å². The van der Waals surface area contributed by atoms with Gasteiger partial charge in [-0.1, -0.05) is 19.9 Å². The summed E-state index contributed by atoms with van der Waals surface area (Å²) in [6.07, 6.45) is 3.74. The van der Waals surface area contributed by atoms with Crippen molar-refractivity contribution in [2.75, 3.05) is 6.54 Å². The van der Waals surface area contributed by atoms with E-state index in [4.69, 9.17) is 0 Å². The van der Waals surface area contributed by atoms with Gasteiger partial charge in [0.05, 0.1) is 6.54 Å². The zero-order valence-corrected chi connectivity index (χ0v) is 7.83. The summed E-state index contributed by atoms with van der Waals surface area (Å²) >= 11 is 0. The van der Waals surface area contributed by atoms with Crippen molar-refractivity contribution in [1.29, 1.82) is 0 Å². The third-order valence-corrected chi connectivity index (χ3v) is 1.74. The van der Waals surface area contributed by atoms with Gasteiger partial charge < -0.3 is 5.32 Å². The van der Waals surface area contributed by atoms with Gasteiger partial charge in [-0.2, -0.15) is 0 Å². The van der Waals surface area contributed by atoms with E-state index in [-0.39, 0.29) is 0 Å². The van der Waals surface area contributed by atoms with E-state index in [0.717, 1.165) is 12.5 Å². The van der Waals surface area contributed by atoms with E-state index in [2.05, 4.69) is 30.2 Å². The van der Waals surface area contributed by atoms with Crippen molar-refractivity contribution < 1.29 is 5.32 Å². The van der Waals surface area contributed by atoms with Crippen molar-refractivity contribution in [2.45, 2.75) is 20.4 Å². The monoisotopic (exact) mass is 165 g/mol. The SMILES string of the molecule is CC(C)C[NH2+]Cc1cccnc1. The lowest BCUT2D eigenvalue weighted by molar-refractivity contribution is -0.675. The summed E-state index contributed by atoms with van der Waals surface area (Å²) in [6, 6.07) is 4.10. The molecule has 0 spiro atoms. The molecule has 1 heterocycles. The minimum Gasteiger partial charge on any atom is -0.342 e. The minimum absolute atomic E-state index is 0.765. The van der Waals surface area contributed by atoms with Crippen LogP contribution in [0.1, 0.15) is 19.4 Å². The van der Waals surface area contributed by atoms with E-state index in [1.165, 1.54) is 12.1 Å². The molecule has 1 rings (SSSR count). The lowest BCUT2D eigenvalue weighted by Gasteiger charge is -2.03. The van der Waals surface area contributed by atoms with Crippen molar-refractivity contribution in [3.63, 3.8) is 0 Å². The number of quaternary nitrogens is 1. The summed E-state index contributed by atoms with van der Waals surface area (Å²) in [5.41, 5.74) is 1.30. The summed E-state index contributed by atoms with van der Waals surface area (Å²) in [4.78, 5) is 4.06. The first-order chi connectivity index (χ1) is 5.79. The quantitative estimate of drug-likeness (QED) is 0.702. The van der Waals surface area contributed by atoms with Crippen LogP contribution in [0.5, 0.6) is 0 Å². The maximum Gasteiger partial charge on any atom is 0.103 e. The molecule has 12 heavy (non-hydrogen) atoms. The van der Waals surface area contributed by atoms with Crippen molar-refractivity contribution in [2.24, 2.45) is 5.92 Å². The first-order valence-corrected chi connectivity index (χ1v) is 4.49. The lowest BCUT2D eigenvalue weighted by Crippen LogP contribution is -2.83. The van der Waals surface area contributed by atoms with Gasteiger partial charge in [-0.05, 0) is 6.07 Å². The van der Waals surface area contributed by atoms with E-state index < -0.39 is 0 Å². The third-order valence-electron chi connectivity index (χ3n) is 1.74. The Balaban J connectivity index is 2.25. The van der Waals surface area contributed by atoms with Crippen molar-refractivity contribution >= 4 is 0 Å². The molecule has 0 saturated heterocycles. The lowest BCUT2D eigenvalue weighted by atomic mass is 10.2. The molecule has 0 radical (unpaired) electrons. The second-order valence-electron chi connectivity index (χ2n) is 3.48. The van der Waals surface area contributed by atoms with Crippen LogP contribution in [-0.4, -0.2) is 11.5 Å². The number of rotatable bonds is 4. The van der Waals surface area contributed by atoms with Gasteiger partial charge in [0.15, 0.2) is 0 Å². The van der Waals surface area contributed by atoms with E-state index in [0.29, 0.717) is 0 Å². The summed E-state index contributed by atoms with van der Waals surface area (Å²) in [6.45, 7) is 6.71. The molecule has 1 aromatic heterocycles. The number of hydrogen-bond donors (Lipinski definition) is 1. The topological polar surface area (TPSA) is 29.5 Å². The molecule has 2 nitrogen and oxygen atoms in total. The molecule has 2 N–H and O–H groups in total. The van der Waals surface area contributed by atoms with Crippen LogP contribution in [-0.2, 0) is 6.54 Å². The minimum atomic E-state index is 0.765. The van der Waals surface area contributed by atoms with Crippen LogP contribution < -0.4 is 5.32 Å². The van der Waals surface area contributed by atoms with Gasteiger partial charge >= 0.3 is 0 Å². The molecule has 2 heteroatoms. The molecule has 0 saturated carbocycles. The number of aromatic nitrogens is 1. The third kappa shape index (κ3) is 3.49. The Morgan fingerprint density at radius 3 is 2.92 bits per heavy atom. The van der Waals surface area contributed by atoms with Crippen LogP contribution in [0.15, 0.2) is 24.5 Å². The Kier molecular flexibility index (Phi) is 3.74. The Hall–Kier alpha value is -0.890. The summed E-state index contributed by atoms with van der Waals surface area (Å²) in [5, 5.41) is 2.32. The number of nitrogens with zero attached hydrogens (tertiary/aromatic N) is 1. The van der Waals surface area contributed by atoms with Gasteiger partial charge in [0.1, 0.15) is 6.54 Å². The highest BCUT2D eigenvalue weighted by molar-refractivity contribution is 5.06. The molecule has 0 aromatic carbocycles. The average Bonchev–Trinajstić information content (AvgIpc) is 2.05. The maximum atomic E-state index is 4.06. The normalized spacial score (nSPS) is 10.6. The van der Waals surface area contributed by atoms with Gasteiger partial charge in [-0.25, -0.2) is 0 Å². The highest BCUT2D eigenvalue weighted by atomic mass is 14.9. The van der Waals surface area contributed by atoms with Crippen LogP contribution in [0.4, 0.5) is 0 Å². The Morgan fingerprint density at radius 2 is 2.33 bits per heavy atom. The zero-order valence-electron chi connectivity index (χ0n) is 7.83. The fourth-order valence-corrected chi connectivity index (χ4v) is 1.10. The largest absolute Gasteiger partial charge is 0.342 e. The molecule has 0 fully saturated rings. The molecule has 0 aliphatic heterocycles. The Bertz CT molecular complexity index is 206. The first-order valence-electron chi connectivity index (χ1n) is 4.49. The summed E-state index contributed by atoms with van der Waals surface area (Å²) < 4.78 is 0. The molecule has 1 aromatic rings. The number of hydrogen-bond acceptors (Lipinski definition) is 1. The molecule has 0 aliphatic rings. The van der Waals surface area contributed by atoms with Gasteiger partial charge in [0.25, 0.3) is 0 Å². The maximum absolute atomic E-state index is 4.06. The van der Waals surface area contributed by atoms with Gasteiger partial charge in [-0.15, -0.1) is 0 Å². The molecule has 0 amide bonds. The van der Waals surface area contributed by atoms with Gasteiger partial charge in [0.2, 0.25) is 0 Å². The summed E-state index contributed by atoms with van der Waals surface area (Å²) in [7, 11) is 0. The molecule has 0 bridgehead atoms. The predicted octanol–water partition coefficient (Wildman–Crippen LogP) is 0.801. The highest BCUT2D eigenvalue weighted by Gasteiger charge is 1.97. The van der Waals surface area contributed by atoms with Gasteiger partial charge in [-0.3, -0.25) is 4.98 Å². The van der Waals surface area contributed by atoms with E-state index >= 15 is 0 Å². The average molecular weight is 165 g/mol. The fourth-order valence-electron chi connectivity index (χ4n) is 1.10. The van der Waals surface area contributed by atoms with Crippen LogP contribution in [0, 0.1) is 5.92 Å². The van der Waals surface area contributed by atoms with Crippen LogP contribution >= 0.6 is 0 Å². The van der Waals surface area contributed by atoms with Crippen LogP contribution in [0.3, 0.4) is 0 Å². The first kappa shape index (κ1) is 9.20. The molecular formula is C10H17N2+. The van der Waals surface area contributed by atoms with Crippen molar-refractivity contribution in [3.8, 4) is 0 Å². The molecule has 66 valence electrons. The molecule has 0 atom stereocenters. The summed E-state index contributed by atoms with van der Waals surface area (Å²) in [5.74, 6) is 0.765. The highest BCUT2D eigenvalue weighted by Crippen LogP contribution is 1.91. The Labute approximate surface area is 74.0 Å². The smallest absolute Gasteiger partial charge is 0.103 e. The second-order valence-corrected chi connectivity index (χ2v) is 3.48. The van der Waals surface area contributed by atoms with Crippen LogP contribution in [0.25, 0.3) is 0 Å².